The molecule has 2 aromatic carbocycles. The fraction of sp³-hybridized carbons (Fsp3) is 0.300. The van der Waals surface area contributed by atoms with Crippen molar-refractivity contribution in [1.29, 1.82) is 0 Å². The summed E-state index contributed by atoms with van der Waals surface area (Å²) in [4.78, 5) is 12.5. The molecule has 0 radical (unpaired) electrons. The summed E-state index contributed by atoms with van der Waals surface area (Å²) >= 11 is 6.29. The van der Waals surface area contributed by atoms with E-state index in [-0.39, 0.29) is 11.0 Å². The summed E-state index contributed by atoms with van der Waals surface area (Å²) in [5.74, 6) is 0.263. The molecule has 0 amide bonds. The van der Waals surface area contributed by atoms with Crippen LogP contribution < -0.4 is 15.5 Å². The van der Waals surface area contributed by atoms with E-state index in [0.717, 1.165) is 22.3 Å². The van der Waals surface area contributed by atoms with Crippen molar-refractivity contribution in [2.75, 3.05) is 36.5 Å². The molecule has 0 bridgehead atoms. The van der Waals surface area contributed by atoms with Crippen LogP contribution in [0.5, 0.6) is 6.01 Å². The second-order valence-corrected chi connectivity index (χ2v) is 7.27. The van der Waals surface area contributed by atoms with Crippen LogP contribution in [-0.2, 0) is 13.0 Å². The zero-order valence-corrected chi connectivity index (χ0v) is 16.2. The Morgan fingerprint density at radius 3 is 2.89 bits per heavy atom. The molecule has 3 aromatic rings. The van der Waals surface area contributed by atoms with E-state index in [2.05, 4.69) is 14.9 Å². The van der Waals surface area contributed by atoms with Gasteiger partial charge < -0.3 is 20.6 Å². The number of nitrogens with two attached hydrogens (primary N) is 1. The molecule has 146 valence electrons. The third kappa shape index (κ3) is 3.21. The van der Waals surface area contributed by atoms with Gasteiger partial charge in [0.25, 0.3) is 0 Å². The molecule has 28 heavy (non-hydrogen) atoms. The zero-order valence-electron chi connectivity index (χ0n) is 15.5. The Bertz CT molecular complexity index is 1040. The van der Waals surface area contributed by atoms with Gasteiger partial charge >= 0.3 is 6.01 Å². The van der Waals surface area contributed by atoms with Gasteiger partial charge in [-0.3, -0.25) is 0 Å². The minimum atomic E-state index is -0.440. The van der Waals surface area contributed by atoms with Crippen LogP contribution in [-0.4, -0.2) is 41.8 Å². The third-order valence-corrected chi connectivity index (χ3v) is 5.48. The number of hydrogen-bond acceptors (Lipinski definition) is 6. The van der Waals surface area contributed by atoms with E-state index in [9.17, 15) is 9.50 Å². The number of halogens is 2. The van der Waals surface area contributed by atoms with Gasteiger partial charge in [-0.25, -0.2) is 4.39 Å². The van der Waals surface area contributed by atoms with E-state index in [1.807, 2.05) is 30.1 Å². The van der Waals surface area contributed by atoms with E-state index in [4.69, 9.17) is 17.3 Å². The summed E-state index contributed by atoms with van der Waals surface area (Å²) in [6.45, 7) is 2.30. The number of anilines is 2. The Balaban J connectivity index is 1.76. The monoisotopic (exact) mass is 401 g/mol. The highest BCUT2D eigenvalue weighted by atomic mass is 35.5. The first-order chi connectivity index (χ1) is 13.5. The first-order valence-electron chi connectivity index (χ1n) is 9.11. The van der Waals surface area contributed by atoms with Crippen LogP contribution in [0, 0.1) is 5.82 Å². The van der Waals surface area contributed by atoms with E-state index in [1.165, 1.54) is 6.07 Å². The van der Waals surface area contributed by atoms with Crippen LogP contribution in [0.4, 0.5) is 15.9 Å². The maximum atomic E-state index is 14.1. The molecular formula is C20H21ClFN5O. The molecule has 3 N–H and O–H groups in total. The maximum Gasteiger partial charge on any atom is 0.316 e. The predicted molar refractivity (Wildman–Crippen MR) is 110 cm³/mol. The summed E-state index contributed by atoms with van der Waals surface area (Å²) in [5, 5.41) is 11.7. The molecule has 0 fully saturated rings. The number of fused-ring (bicyclic) bond motifs is 2. The van der Waals surface area contributed by atoms with Crippen molar-refractivity contribution in [2.45, 2.75) is 13.0 Å². The first kappa shape index (κ1) is 18.7. The first-order valence-corrected chi connectivity index (χ1v) is 9.49. The molecule has 0 atom stereocenters. The van der Waals surface area contributed by atoms with Gasteiger partial charge in [-0.2, -0.15) is 9.97 Å². The van der Waals surface area contributed by atoms with Gasteiger partial charge in [-0.1, -0.05) is 29.8 Å². The number of aromatic nitrogens is 2. The number of benzene rings is 2. The lowest BCUT2D eigenvalue weighted by Crippen LogP contribution is -2.34. The van der Waals surface area contributed by atoms with E-state index >= 15 is 0 Å². The van der Waals surface area contributed by atoms with Crippen molar-refractivity contribution in [3.8, 4) is 6.01 Å². The highest BCUT2D eigenvalue weighted by molar-refractivity contribution is 6.36. The van der Waals surface area contributed by atoms with Gasteiger partial charge in [0.1, 0.15) is 11.6 Å². The maximum absolute atomic E-state index is 14.1. The SMILES string of the molecule is CN(CCN)c1nc(O)nc2c1CCN(c1cccc3ccc(F)c(Cl)c13)C2. The van der Waals surface area contributed by atoms with Gasteiger partial charge in [0.2, 0.25) is 0 Å². The Morgan fingerprint density at radius 2 is 2.11 bits per heavy atom. The fourth-order valence-corrected chi connectivity index (χ4v) is 4.04. The molecule has 0 aliphatic carbocycles. The van der Waals surface area contributed by atoms with E-state index in [1.54, 1.807) is 6.07 Å². The quantitative estimate of drug-likeness (QED) is 0.699. The topological polar surface area (TPSA) is 78.5 Å². The second-order valence-electron chi connectivity index (χ2n) is 6.89. The van der Waals surface area contributed by atoms with Crippen LogP contribution >= 0.6 is 11.6 Å². The summed E-state index contributed by atoms with van der Waals surface area (Å²) in [7, 11) is 1.90. The largest absolute Gasteiger partial charge is 0.479 e. The van der Waals surface area contributed by atoms with Gasteiger partial charge in [0, 0.05) is 43.3 Å². The molecule has 0 spiro atoms. The average molecular weight is 402 g/mol. The van der Waals surface area contributed by atoms with E-state index < -0.39 is 5.82 Å². The average Bonchev–Trinajstić information content (AvgIpc) is 2.69. The van der Waals surface area contributed by atoms with Crippen LogP contribution in [0.1, 0.15) is 11.3 Å². The molecule has 0 saturated carbocycles. The molecule has 1 aromatic heterocycles. The van der Waals surface area contributed by atoms with Crippen LogP contribution in [0.25, 0.3) is 10.8 Å². The molecule has 0 unspecified atom stereocenters. The Labute approximate surface area is 167 Å². The third-order valence-electron chi connectivity index (χ3n) is 5.11. The molecular weight excluding hydrogens is 381 g/mol. The van der Waals surface area contributed by atoms with Gasteiger partial charge in [-0.05, 0) is 23.9 Å². The summed E-state index contributed by atoms with van der Waals surface area (Å²) in [6.07, 6.45) is 0.698. The molecule has 1 aliphatic rings. The Kier molecular flexibility index (Phi) is 4.95. The number of hydrogen-bond donors (Lipinski definition) is 2. The predicted octanol–water partition coefficient (Wildman–Crippen LogP) is 3.09. The molecule has 0 saturated heterocycles. The molecule has 8 heteroatoms. The molecule has 2 heterocycles. The van der Waals surface area contributed by atoms with Crippen molar-refractivity contribution in [3.63, 3.8) is 0 Å². The van der Waals surface area contributed by atoms with Crippen molar-refractivity contribution in [1.82, 2.24) is 9.97 Å². The number of rotatable bonds is 4. The molecule has 4 rings (SSSR count). The van der Waals surface area contributed by atoms with Crippen LogP contribution in [0.15, 0.2) is 30.3 Å². The van der Waals surface area contributed by atoms with Gasteiger partial charge in [-0.15, -0.1) is 0 Å². The van der Waals surface area contributed by atoms with Crippen molar-refractivity contribution in [3.05, 3.63) is 52.4 Å². The normalized spacial score (nSPS) is 13.6. The van der Waals surface area contributed by atoms with Crippen LogP contribution in [0.3, 0.4) is 0 Å². The lowest BCUT2D eigenvalue weighted by molar-refractivity contribution is 0.425. The molecule has 1 aliphatic heterocycles. The van der Waals surface area contributed by atoms with Crippen molar-refractivity contribution < 1.29 is 9.50 Å². The minimum Gasteiger partial charge on any atom is -0.479 e. The summed E-state index contributed by atoms with van der Waals surface area (Å²) in [6, 6.07) is 8.62. The second kappa shape index (κ2) is 7.41. The summed E-state index contributed by atoms with van der Waals surface area (Å²) < 4.78 is 14.1. The van der Waals surface area contributed by atoms with E-state index in [0.29, 0.717) is 43.8 Å². The Hall–Kier alpha value is -2.64. The highest BCUT2D eigenvalue weighted by Gasteiger charge is 2.25. The number of nitrogens with zero attached hydrogens (tertiary/aromatic N) is 4. The fourth-order valence-electron chi connectivity index (χ4n) is 3.77. The van der Waals surface area contributed by atoms with Gasteiger partial charge in [0.05, 0.1) is 17.3 Å². The smallest absolute Gasteiger partial charge is 0.316 e. The number of likely N-dealkylation sites (N-methyl/N-ethyl adjacent to an activating group) is 1. The standard InChI is InChI=1S/C20H21ClFN5O/c1-26(10-8-23)19-13-7-9-27(11-15(13)24-20(28)25-19)16-4-2-3-12-5-6-14(22)18(21)17(12)16/h2-6H,7-11,23H2,1H3,(H,24,25,28). The van der Waals surface area contributed by atoms with Gasteiger partial charge in [0.15, 0.2) is 0 Å². The van der Waals surface area contributed by atoms with Crippen LogP contribution in [0.2, 0.25) is 5.02 Å². The summed E-state index contributed by atoms with van der Waals surface area (Å²) in [5.41, 5.74) is 8.26. The minimum absolute atomic E-state index is 0.118. The highest BCUT2D eigenvalue weighted by Crippen LogP contribution is 2.37. The lowest BCUT2D eigenvalue weighted by atomic mass is 10.0. The lowest BCUT2D eigenvalue weighted by Gasteiger charge is -2.33. The van der Waals surface area contributed by atoms with Crippen molar-refractivity contribution >= 4 is 33.9 Å². The number of aromatic hydroxyl groups is 1. The molecule has 6 nitrogen and oxygen atoms in total. The Morgan fingerprint density at radius 1 is 1.29 bits per heavy atom. The van der Waals surface area contributed by atoms with Crippen molar-refractivity contribution in [2.24, 2.45) is 5.73 Å². The zero-order chi connectivity index (χ0) is 19.8.